The fraction of sp³-hybridized carbons (Fsp3) is 0.235. The Labute approximate surface area is 124 Å². The number of methoxy groups -OCH3 is 1. The monoisotopic (exact) mass is 285 g/mol. The molecule has 2 rings (SSSR count). The molecule has 4 heteroatoms. The molecule has 1 N–H and O–H groups in total. The molecular weight excluding hydrogens is 266 g/mol. The number of carbonyl (C=O) groups is 1. The first-order chi connectivity index (χ1) is 10.3. The van der Waals surface area contributed by atoms with E-state index in [1.54, 1.807) is 19.2 Å². The average Bonchev–Trinajstić information content (AvgIpc) is 2.53. The van der Waals surface area contributed by atoms with Crippen LogP contribution in [0.25, 0.3) is 0 Å². The number of ether oxygens (including phenoxy) is 2. The first kappa shape index (κ1) is 15.1. The van der Waals surface area contributed by atoms with Gasteiger partial charge in [0, 0.05) is 25.8 Å². The SMILES string of the molecule is COCCCNC(=O)c1cccc(Oc2ccccc2)c1. The van der Waals surface area contributed by atoms with Gasteiger partial charge in [-0.1, -0.05) is 24.3 Å². The van der Waals surface area contributed by atoms with Gasteiger partial charge in [0.2, 0.25) is 0 Å². The van der Waals surface area contributed by atoms with Crippen LogP contribution >= 0.6 is 0 Å². The summed E-state index contributed by atoms with van der Waals surface area (Å²) in [6.07, 6.45) is 0.794. The molecule has 0 fully saturated rings. The third-order valence-electron chi connectivity index (χ3n) is 2.89. The van der Waals surface area contributed by atoms with Crippen LogP contribution < -0.4 is 10.1 Å². The Balaban J connectivity index is 1.95. The van der Waals surface area contributed by atoms with Crippen LogP contribution in [0.15, 0.2) is 54.6 Å². The number of carbonyl (C=O) groups excluding carboxylic acids is 1. The molecule has 4 nitrogen and oxygen atoms in total. The van der Waals surface area contributed by atoms with Crippen LogP contribution in [0.2, 0.25) is 0 Å². The van der Waals surface area contributed by atoms with Gasteiger partial charge >= 0.3 is 0 Å². The summed E-state index contributed by atoms with van der Waals surface area (Å²) in [5.74, 6) is 1.28. The van der Waals surface area contributed by atoms with Crippen molar-refractivity contribution in [1.29, 1.82) is 0 Å². The van der Waals surface area contributed by atoms with Gasteiger partial charge in [0.25, 0.3) is 5.91 Å². The molecule has 21 heavy (non-hydrogen) atoms. The van der Waals surface area contributed by atoms with Crippen molar-refractivity contribution in [2.45, 2.75) is 6.42 Å². The predicted octanol–water partition coefficient (Wildman–Crippen LogP) is 3.25. The van der Waals surface area contributed by atoms with Crippen molar-refractivity contribution in [1.82, 2.24) is 5.32 Å². The second-order valence-electron chi connectivity index (χ2n) is 4.55. The number of hydrogen-bond acceptors (Lipinski definition) is 3. The molecule has 0 heterocycles. The van der Waals surface area contributed by atoms with Gasteiger partial charge in [-0.25, -0.2) is 0 Å². The van der Waals surface area contributed by atoms with Crippen LogP contribution in [-0.4, -0.2) is 26.2 Å². The van der Waals surface area contributed by atoms with Gasteiger partial charge < -0.3 is 14.8 Å². The van der Waals surface area contributed by atoms with E-state index in [-0.39, 0.29) is 5.91 Å². The van der Waals surface area contributed by atoms with Gasteiger partial charge in [0.1, 0.15) is 11.5 Å². The number of nitrogens with one attached hydrogen (secondary N) is 1. The van der Waals surface area contributed by atoms with Crippen LogP contribution in [0.5, 0.6) is 11.5 Å². The standard InChI is InChI=1S/C17H19NO3/c1-20-12-6-11-18-17(19)14-7-5-10-16(13-14)21-15-8-3-2-4-9-15/h2-5,7-10,13H,6,11-12H2,1H3,(H,18,19). The minimum absolute atomic E-state index is 0.107. The Kier molecular flexibility index (Phi) is 5.79. The van der Waals surface area contributed by atoms with E-state index in [0.29, 0.717) is 24.5 Å². The lowest BCUT2D eigenvalue weighted by atomic mass is 10.2. The van der Waals surface area contributed by atoms with Crippen LogP contribution in [0.1, 0.15) is 16.8 Å². The molecular formula is C17H19NO3. The zero-order valence-corrected chi connectivity index (χ0v) is 12.0. The van der Waals surface area contributed by atoms with Crippen LogP contribution in [-0.2, 0) is 4.74 Å². The van der Waals surface area contributed by atoms with Crippen molar-refractivity contribution in [3.05, 3.63) is 60.2 Å². The summed E-state index contributed by atoms with van der Waals surface area (Å²) in [5.41, 5.74) is 0.584. The van der Waals surface area contributed by atoms with Gasteiger partial charge in [-0.05, 0) is 36.8 Å². The molecule has 0 aromatic heterocycles. The summed E-state index contributed by atoms with van der Waals surface area (Å²) >= 11 is 0. The molecule has 0 bridgehead atoms. The molecule has 0 radical (unpaired) electrons. The van der Waals surface area contributed by atoms with Gasteiger partial charge in [-0.2, -0.15) is 0 Å². The zero-order valence-electron chi connectivity index (χ0n) is 12.0. The van der Waals surface area contributed by atoms with E-state index in [0.717, 1.165) is 12.2 Å². The highest BCUT2D eigenvalue weighted by atomic mass is 16.5. The smallest absolute Gasteiger partial charge is 0.251 e. The highest BCUT2D eigenvalue weighted by molar-refractivity contribution is 5.94. The third-order valence-corrected chi connectivity index (χ3v) is 2.89. The van der Waals surface area contributed by atoms with E-state index in [4.69, 9.17) is 9.47 Å². The summed E-state index contributed by atoms with van der Waals surface area (Å²) in [5, 5.41) is 2.85. The first-order valence-corrected chi connectivity index (χ1v) is 6.89. The topological polar surface area (TPSA) is 47.6 Å². The first-order valence-electron chi connectivity index (χ1n) is 6.89. The van der Waals surface area contributed by atoms with E-state index in [1.807, 2.05) is 42.5 Å². The lowest BCUT2D eigenvalue weighted by molar-refractivity contribution is 0.0948. The minimum Gasteiger partial charge on any atom is -0.457 e. The van der Waals surface area contributed by atoms with E-state index in [9.17, 15) is 4.79 Å². The normalized spacial score (nSPS) is 10.1. The molecule has 110 valence electrons. The second kappa shape index (κ2) is 8.07. The highest BCUT2D eigenvalue weighted by Gasteiger charge is 2.06. The predicted molar refractivity (Wildman–Crippen MR) is 81.8 cm³/mol. The fourth-order valence-corrected chi connectivity index (χ4v) is 1.85. The molecule has 0 unspecified atom stereocenters. The summed E-state index contributed by atoms with van der Waals surface area (Å²) in [6, 6.07) is 16.6. The largest absolute Gasteiger partial charge is 0.457 e. The fourth-order valence-electron chi connectivity index (χ4n) is 1.85. The van der Waals surface area contributed by atoms with Gasteiger partial charge in [0.05, 0.1) is 0 Å². The third kappa shape index (κ3) is 4.93. The maximum absolute atomic E-state index is 12.0. The molecule has 0 aliphatic carbocycles. The Morgan fingerprint density at radius 3 is 2.57 bits per heavy atom. The average molecular weight is 285 g/mol. The maximum Gasteiger partial charge on any atom is 0.251 e. The Hall–Kier alpha value is -2.33. The number of rotatable bonds is 7. The molecule has 0 aliphatic rings. The van der Waals surface area contributed by atoms with Crippen molar-refractivity contribution in [2.24, 2.45) is 0 Å². The summed E-state index contributed by atoms with van der Waals surface area (Å²) < 4.78 is 10.7. The molecule has 0 atom stereocenters. The van der Waals surface area contributed by atoms with Crippen molar-refractivity contribution in [3.8, 4) is 11.5 Å². The quantitative estimate of drug-likeness (QED) is 0.794. The lowest BCUT2D eigenvalue weighted by Crippen LogP contribution is -2.25. The number of para-hydroxylation sites is 1. The van der Waals surface area contributed by atoms with E-state index < -0.39 is 0 Å². The van der Waals surface area contributed by atoms with Crippen LogP contribution in [0, 0.1) is 0 Å². The van der Waals surface area contributed by atoms with Gasteiger partial charge in [-0.3, -0.25) is 4.79 Å². The lowest BCUT2D eigenvalue weighted by Gasteiger charge is -2.08. The number of amides is 1. The van der Waals surface area contributed by atoms with Crippen molar-refractivity contribution in [2.75, 3.05) is 20.3 Å². The molecule has 0 aliphatic heterocycles. The molecule has 0 saturated heterocycles. The van der Waals surface area contributed by atoms with Crippen molar-refractivity contribution >= 4 is 5.91 Å². The van der Waals surface area contributed by atoms with E-state index >= 15 is 0 Å². The second-order valence-corrected chi connectivity index (χ2v) is 4.55. The molecule has 0 saturated carbocycles. The summed E-state index contributed by atoms with van der Waals surface area (Å²) in [4.78, 5) is 12.0. The summed E-state index contributed by atoms with van der Waals surface area (Å²) in [7, 11) is 1.65. The Bertz CT molecular complexity index is 569. The number of benzene rings is 2. The maximum atomic E-state index is 12.0. The molecule has 1 amide bonds. The van der Waals surface area contributed by atoms with Crippen molar-refractivity contribution in [3.63, 3.8) is 0 Å². The molecule has 2 aromatic rings. The zero-order chi connectivity index (χ0) is 14.9. The van der Waals surface area contributed by atoms with Gasteiger partial charge in [0.15, 0.2) is 0 Å². The Morgan fingerprint density at radius 2 is 1.81 bits per heavy atom. The van der Waals surface area contributed by atoms with E-state index in [1.165, 1.54) is 0 Å². The van der Waals surface area contributed by atoms with Crippen LogP contribution in [0.3, 0.4) is 0 Å². The highest BCUT2D eigenvalue weighted by Crippen LogP contribution is 2.21. The molecule has 0 spiro atoms. The van der Waals surface area contributed by atoms with Crippen LogP contribution in [0.4, 0.5) is 0 Å². The summed E-state index contributed by atoms with van der Waals surface area (Å²) in [6.45, 7) is 1.23. The minimum atomic E-state index is -0.107. The Morgan fingerprint density at radius 1 is 1.05 bits per heavy atom. The molecule has 2 aromatic carbocycles. The van der Waals surface area contributed by atoms with Gasteiger partial charge in [-0.15, -0.1) is 0 Å². The van der Waals surface area contributed by atoms with Crippen molar-refractivity contribution < 1.29 is 14.3 Å². The van der Waals surface area contributed by atoms with E-state index in [2.05, 4.69) is 5.32 Å². The number of hydrogen-bond donors (Lipinski definition) is 1.